The Morgan fingerprint density at radius 3 is 2.59 bits per heavy atom. The Balaban J connectivity index is 2.80. The molecule has 0 aliphatic carbocycles. The van der Waals surface area contributed by atoms with Crippen molar-refractivity contribution in [3.8, 4) is 0 Å². The van der Waals surface area contributed by atoms with Crippen molar-refractivity contribution in [2.24, 2.45) is 5.73 Å². The highest BCUT2D eigenvalue weighted by molar-refractivity contribution is 5.34. The predicted molar refractivity (Wildman–Crippen MR) is 70.3 cm³/mol. The molecule has 4 N–H and O–H groups in total. The third-order valence-corrected chi connectivity index (χ3v) is 2.43. The van der Waals surface area contributed by atoms with Crippen LogP contribution < -0.4 is 16.6 Å². The molecule has 96 valence electrons. The van der Waals surface area contributed by atoms with Crippen LogP contribution in [0.1, 0.15) is 45.9 Å². The second-order valence-electron chi connectivity index (χ2n) is 4.93. The van der Waals surface area contributed by atoms with Crippen LogP contribution in [0.4, 0.5) is 5.82 Å². The summed E-state index contributed by atoms with van der Waals surface area (Å²) in [5, 5.41) is 3.20. The molecular weight excluding hydrogens is 216 g/mol. The van der Waals surface area contributed by atoms with E-state index in [9.17, 15) is 4.79 Å². The number of aromatic nitrogens is 2. The average Bonchev–Trinajstić information content (AvgIpc) is 2.14. The van der Waals surface area contributed by atoms with Gasteiger partial charge < -0.3 is 16.0 Å². The minimum Gasteiger partial charge on any atom is -0.367 e. The highest BCUT2D eigenvalue weighted by Gasteiger charge is 2.09. The number of hydrogen-bond acceptors (Lipinski definition) is 4. The fraction of sp³-hybridized carbons (Fsp3) is 0.667. The van der Waals surface area contributed by atoms with Crippen molar-refractivity contribution in [2.75, 3.05) is 5.32 Å². The maximum absolute atomic E-state index is 11.5. The molecule has 0 aliphatic rings. The predicted octanol–water partition coefficient (Wildman–Crippen LogP) is 1.43. The molecule has 1 rings (SSSR count). The second kappa shape index (κ2) is 5.82. The zero-order valence-corrected chi connectivity index (χ0v) is 10.9. The lowest BCUT2D eigenvalue weighted by Crippen LogP contribution is -2.27. The van der Waals surface area contributed by atoms with Gasteiger partial charge in [-0.05, 0) is 20.3 Å². The van der Waals surface area contributed by atoms with E-state index >= 15 is 0 Å². The van der Waals surface area contributed by atoms with Gasteiger partial charge in [0.1, 0.15) is 11.6 Å². The summed E-state index contributed by atoms with van der Waals surface area (Å²) in [6.07, 6.45) is 0.839. The number of rotatable bonds is 5. The Kier molecular flexibility index (Phi) is 4.69. The fourth-order valence-corrected chi connectivity index (χ4v) is 1.69. The first-order valence-electron chi connectivity index (χ1n) is 6.02. The minimum absolute atomic E-state index is 0.126. The van der Waals surface area contributed by atoms with Crippen LogP contribution in [0.2, 0.25) is 0 Å². The summed E-state index contributed by atoms with van der Waals surface area (Å²) in [4.78, 5) is 18.6. The van der Waals surface area contributed by atoms with E-state index in [-0.39, 0.29) is 23.6 Å². The molecule has 0 bridgehead atoms. The van der Waals surface area contributed by atoms with Crippen LogP contribution in [0, 0.1) is 0 Å². The lowest BCUT2D eigenvalue weighted by Gasteiger charge is -2.17. The Hall–Kier alpha value is -1.36. The summed E-state index contributed by atoms with van der Waals surface area (Å²) in [6, 6.07) is 1.80. The molecule has 0 aliphatic heterocycles. The van der Waals surface area contributed by atoms with Gasteiger partial charge in [-0.25, -0.2) is 4.98 Å². The van der Waals surface area contributed by atoms with E-state index < -0.39 is 0 Å². The van der Waals surface area contributed by atoms with Gasteiger partial charge in [-0.2, -0.15) is 0 Å². The molecule has 0 amide bonds. The van der Waals surface area contributed by atoms with Gasteiger partial charge in [0.2, 0.25) is 0 Å². The molecule has 0 radical (unpaired) electrons. The topological polar surface area (TPSA) is 83.8 Å². The molecule has 2 atom stereocenters. The van der Waals surface area contributed by atoms with Crippen LogP contribution in [-0.2, 0) is 0 Å². The van der Waals surface area contributed by atoms with Crippen molar-refractivity contribution in [1.29, 1.82) is 0 Å². The quantitative estimate of drug-likeness (QED) is 0.724. The van der Waals surface area contributed by atoms with Crippen molar-refractivity contribution >= 4 is 5.82 Å². The van der Waals surface area contributed by atoms with Crippen molar-refractivity contribution in [3.63, 3.8) is 0 Å². The number of nitrogens with zero attached hydrogens (tertiary/aromatic N) is 1. The molecule has 5 nitrogen and oxygen atoms in total. The molecule has 0 saturated heterocycles. The number of nitrogens with two attached hydrogens (primary N) is 1. The van der Waals surface area contributed by atoms with Gasteiger partial charge in [0, 0.05) is 24.1 Å². The highest BCUT2D eigenvalue weighted by atomic mass is 16.1. The Bertz CT molecular complexity index is 411. The number of H-pyrrole nitrogens is 1. The molecule has 1 aromatic heterocycles. The average molecular weight is 238 g/mol. The van der Waals surface area contributed by atoms with E-state index in [0.29, 0.717) is 11.6 Å². The van der Waals surface area contributed by atoms with Crippen molar-refractivity contribution in [3.05, 3.63) is 22.2 Å². The van der Waals surface area contributed by atoms with Gasteiger partial charge in [0.25, 0.3) is 5.56 Å². The Morgan fingerprint density at radius 2 is 2.06 bits per heavy atom. The lowest BCUT2D eigenvalue weighted by atomic mass is 10.1. The third-order valence-electron chi connectivity index (χ3n) is 2.43. The molecular formula is C12H22N4O. The van der Waals surface area contributed by atoms with Gasteiger partial charge in [0.15, 0.2) is 0 Å². The molecule has 17 heavy (non-hydrogen) atoms. The maximum atomic E-state index is 11.5. The van der Waals surface area contributed by atoms with E-state index in [4.69, 9.17) is 5.73 Å². The normalized spacial score (nSPS) is 14.7. The van der Waals surface area contributed by atoms with Crippen LogP contribution in [0.25, 0.3) is 0 Å². The fourth-order valence-electron chi connectivity index (χ4n) is 1.69. The molecule has 0 spiro atoms. The maximum Gasteiger partial charge on any atom is 0.252 e. The molecule has 0 saturated carbocycles. The summed E-state index contributed by atoms with van der Waals surface area (Å²) in [6.45, 7) is 7.98. The number of hydrogen-bond donors (Lipinski definition) is 3. The highest BCUT2D eigenvalue weighted by Crippen LogP contribution is 2.10. The third kappa shape index (κ3) is 4.56. The first kappa shape index (κ1) is 13.7. The molecule has 1 heterocycles. The summed E-state index contributed by atoms with van der Waals surface area (Å²) < 4.78 is 0. The molecule has 1 aromatic rings. The van der Waals surface area contributed by atoms with Crippen LogP contribution in [-0.4, -0.2) is 22.1 Å². The zero-order valence-electron chi connectivity index (χ0n) is 10.9. The SMILES string of the molecule is CC(N)CC(C)Nc1cc(=O)[nH]c(C(C)C)n1. The molecule has 5 heteroatoms. The summed E-state index contributed by atoms with van der Waals surface area (Å²) in [5.41, 5.74) is 5.60. The number of nitrogens with one attached hydrogen (secondary N) is 2. The van der Waals surface area contributed by atoms with E-state index in [1.165, 1.54) is 6.07 Å². The van der Waals surface area contributed by atoms with Crippen molar-refractivity contribution in [2.45, 2.75) is 52.1 Å². The van der Waals surface area contributed by atoms with Gasteiger partial charge in [-0.15, -0.1) is 0 Å². The number of aromatic amines is 1. The van der Waals surface area contributed by atoms with Gasteiger partial charge >= 0.3 is 0 Å². The lowest BCUT2D eigenvalue weighted by molar-refractivity contribution is 0.602. The first-order valence-corrected chi connectivity index (χ1v) is 6.02. The molecule has 0 aromatic carbocycles. The van der Waals surface area contributed by atoms with Gasteiger partial charge in [-0.1, -0.05) is 13.8 Å². The molecule has 0 fully saturated rings. The first-order chi connectivity index (χ1) is 7.88. The van der Waals surface area contributed by atoms with Crippen LogP contribution in [0.5, 0.6) is 0 Å². The molecule has 2 unspecified atom stereocenters. The van der Waals surface area contributed by atoms with Crippen molar-refractivity contribution < 1.29 is 0 Å². The van der Waals surface area contributed by atoms with E-state index in [2.05, 4.69) is 15.3 Å². The summed E-state index contributed by atoms with van der Waals surface area (Å²) in [5.74, 6) is 1.52. The monoisotopic (exact) mass is 238 g/mol. The standard InChI is InChI=1S/C12H22N4O/c1-7(2)12-15-10(6-11(17)16-12)14-9(4)5-8(3)13/h6-9H,5,13H2,1-4H3,(H2,14,15,16,17). The van der Waals surface area contributed by atoms with Crippen LogP contribution in [0.15, 0.2) is 10.9 Å². The van der Waals surface area contributed by atoms with Crippen LogP contribution >= 0.6 is 0 Å². The summed E-state index contributed by atoms with van der Waals surface area (Å²) in [7, 11) is 0. The second-order valence-corrected chi connectivity index (χ2v) is 4.93. The van der Waals surface area contributed by atoms with Crippen LogP contribution in [0.3, 0.4) is 0 Å². The van der Waals surface area contributed by atoms with E-state index in [1.807, 2.05) is 27.7 Å². The smallest absolute Gasteiger partial charge is 0.252 e. The van der Waals surface area contributed by atoms with Gasteiger partial charge in [-0.3, -0.25) is 4.79 Å². The van der Waals surface area contributed by atoms with Crippen molar-refractivity contribution in [1.82, 2.24) is 9.97 Å². The number of anilines is 1. The zero-order chi connectivity index (χ0) is 13.0. The van der Waals surface area contributed by atoms with Gasteiger partial charge in [0.05, 0.1) is 0 Å². The summed E-state index contributed by atoms with van der Waals surface area (Å²) >= 11 is 0. The van der Waals surface area contributed by atoms with E-state index in [0.717, 1.165) is 6.42 Å². The Morgan fingerprint density at radius 1 is 1.41 bits per heavy atom. The minimum atomic E-state index is -0.126. The Labute approximate surface area is 102 Å². The van der Waals surface area contributed by atoms with E-state index in [1.54, 1.807) is 0 Å². The largest absolute Gasteiger partial charge is 0.367 e.